The molecule has 0 saturated heterocycles. The number of aromatic nitrogens is 1. The van der Waals surface area contributed by atoms with Gasteiger partial charge in [0.15, 0.2) is 18.9 Å². The van der Waals surface area contributed by atoms with Crippen molar-refractivity contribution in [3.63, 3.8) is 0 Å². The highest BCUT2D eigenvalue weighted by Gasteiger charge is 2.13. The summed E-state index contributed by atoms with van der Waals surface area (Å²) in [6.07, 6.45) is 5.17. The molecule has 2 rings (SSSR count). The number of nitrogens with zero attached hydrogens (tertiary/aromatic N) is 1. The van der Waals surface area contributed by atoms with Crippen LogP contribution >= 0.6 is 11.6 Å². The predicted molar refractivity (Wildman–Crippen MR) is 89.5 cm³/mol. The average Bonchev–Trinajstić information content (AvgIpc) is 2.49. The zero-order valence-electron chi connectivity index (χ0n) is 12.3. The quantitative estimate of drug-likeness (QED) is 0.614. The van der Waals surface area contributed by atoms with Crippen LogP contribution in [0.1, 0.15) is 11.1 Å². The Morgan fingerprint density at radius 1 is 1.13 bits per heavy atom. The molecule has 7 heteroatoms. The number of aliphatic hydroxyl groups excluding tert-OH is 1. The number of rotatable bonds is 6. The van der Waals surface area contributed by atoms with Crippen molar-refractivity contribution in [1.29, 1.82) is 0 Å². The summed E-state index contributed by atoms with van der Waals surface area (Å²) in [5.41, 5.74) is 1.91. The first-order valence-electron chi connectivity index (χ1n) is 6.89. The lowest BCUT2D eigenvalue weighted by Crippen LogP contribution is -2.34. The highest BCUT2D eigenvalue weighted by molar-refractivity contribution is 7.86. The molecule has 2 N–H and O–H groups in total. The molecule has 0 fully saturated rings. The predicted octanol–water partition coefficient (Wildman–Crippen LogP) is 2.05. The first kappa shape index (κ1) is 17.6. The van der Waals surface area contributed by atoms with Gasteiger partial charge in [-0.25, -0.2) is 4.57 Å². The largest absolute Gasteiger partial charge is 0.390 e. The highest BCUT2D eigenvalue weighted by atomic mass is 35.5. The number of aliphatic hydroxyl groups is 1. The summed E-state index contributed by atoms with van der Waals surface area (Å²) in [4.78, 5) is 0. The van der Waals surface area contributed by atoms with Crippen LogP contribution in [0.25, 0.3) is 11.6 Å². The summed E-state index contributed by atoms with van der Waals surface area (Å²) in [6.45, 7) is 0.470. The monoisotopic (exact) mass is 354 g/mol. The maximum absolute atomic E-state index is 11.3. The Balaban J connectivity index is 2.39. The van der Waals surface area contributed by atoms with Gasteiger partial charge in [0.2, 0.25) is 0 Å². The van der Waals surface area contributed by atoms with Crippen molar-refractivity contribution < 1.29 is 22.6 Å². The lowest BCUT2D eigenvalue weighted by atomic mass is 10.1. The first-order chi connectivity index (χ1) is 10.9. The number of pyridine rings is 1. The van der Waals surface area contributed by atoms with Crippen molar-refractivity contribution >= 4 is 33.4 Å². The smallest absolute Gasteiger partial charge is 0.269 e. The van der Waals surface area contributed by atoms with E-state index in [0.29, 0.717) is 22.7 Å². The second-order valence-corrected chi connectivity index (χ2v) is 6.88. The Bertz CT molecular complexity index is 784. The van der Waals surface area contributed by atoms with E-state index in [4.69, 9.17) is 16.7 Å². The molecule has 0 unspecified atom stereocenters. The second-order valence-electron chi connectivity index (χ2n) is 5.00. The van der Waals surface area contributed by atoms with E-state index in [2.05, 4.69) is 0 Å². The van der Waals surface area contributed by atoms with E-state index in [-0.39, 0.29) is 6.61 Å². The molecule has 2 aromatic rings. The molecule has 0 amide bonds. The van der Waals surface area contributed by atoms with Crippen molar-refractivity contribution in [2.75, 3.05) is 12.4 Å². The normalized spacial score (nSPS) is 12.4. The molecule has 1 heterocycles. The van der Waals surface area contributed by atoms with Gasteiger partial charge in [-0.2, -0.15) is 8.42 Å². The second kappa shape index (κ2) is 7.70. The molecule has 1 aromatic heterocycles. The van der Waals surface area contributed by atoms with E-state index in [9.17, 15) is 13.0 Å². The Morgan fingerprint density at radius 3 is 2.26 bits per heavy atom. The standard InChI is InChI=1S/C16H16ClNO4S/c17-16-3-1-13(2-4-16)11-15(12-23(20,21)22)14-5-7-18(8-6-14)9-10-19/h1-8,11,19H,9-10,12H2/p+1/b15-11-. The molecule has 5 nitrogen and oxygen atoms in total. The summed E-state index contributed by atoms with van der Waals surface area (Å²) in [5, 5.41) is 9.50. The molecule has 0 bridgehead atoms. The molecule has 0 aliphatic carbocycles. The van der Waals surface area contributed by atoms with Crippen LogP contribution in [-0.2, 0) is 16.7 Å². The van der Waals surface area contributed by atoms with Crippen LogP contribution in [0.2, 0.25) is 5.02 Å². The topological polar surface area (TPSA) is 78.5 Å². The number of hydrogen-bond acceptors (Lipinski definition) is 3. The SMILES string of the molecule is O=S(=O)(O)C/C(=C/c1ccc(Cl)cc1)c1cc[n+](CCO)cc1. The van der Waals surface area contributed by atoms with Gasteiger partial charge in [0.25, 0.3) is 10.1 Å². The fraction of sp³-hybridized carbons (Fsp3) is 0.188. The highest BCUT2D eigenvalue weighted by Crippen LogP contribution is 2.20. The summed E-state index contributed by atoms with van der Waals surface area (Å²) in [5.74, 6) is -0.486. The Morgan fingerprint density at radius 2 is 1.74 bits per heavy atom. The van der Waals surface area contributed by atoms with Gasteiger partial charge in [-0.3, -0.25) is 4.55 Å². The van der Waals surface area contributed by atoms with Crippen molar-refractivity contribution in [3.05, 3.63) is 64.9 Å². The van der Waals surface area contributed by atoms with Crippen LogP contribution < -0.4 is 4.57 Å². The fourth-order valence-electron chi connectivity index (χ4n) is 2.10. The number of hydrogen-bond donors (Lipinski definition) is 2. The average molecular weight is 355 g/mol. The lowest BCUT2D eigenvalue weighted by molar-refractivity contribution is -0.698. The molecule has 0 aliphatic heterocycles. The molecule has 0 saturated carbocycles. The van der Waals surface area contributed by atoms with Gasteiger partial charge in [-0.1, -0.05) is 29.8 Å². The van der Waals surface area contributed by atoms with Crippen LogP contribution in [0.4, 0.5) is 0 Å². The van der Waals surface area contributed by atoms with Gasteiger partial charge in [0.1, 0.15) is 12.4 Å². The third-order valence-corrected chi connectivity index (χ3v) is 4.10. The van der Waals surface area contributed by atoms with E-state index in [1.165, 1.54) is 0 Å². The molecule has 0 atom stereocenters. The van der Waals surface area contributed by atoms with Crippen molar-refractivity contribution in [1.82, 2.24) is 0 Å². The van der Waals surface area contributed by atoms with Gasteiger partial charge >= 0.3 is 0 Å². The lowest BCUT2D eigenvalue weighted by Gasteiger charge is -2.06. The Kier molecular flexibility index (Phi) is 5.90. The summed E-state index contributed by atoms with van der Waals surface area (Å²) < 4.78 is 33.5. The van der Waals surface area contributed by atoms with Gasteiger partial charge in [0.05, 0.1) is 0 Å². The van der Waals surface area contributed by atoms with Crippen LogP contribution in [0.3, 0.4) is 0 Å². The first-order valence-corrected chi connectivity index (χ1v) is 8.88. The third kappa shape index (κ3) is 5.76. The van der Waals surface area contributed by atoms with Gasteiger partial charge in [0, 0.05) is 17.2 Å². The van der Waals surface area contributed by atoms with Crippen LogP contribution in [0.5, 0.6) is 0 Å². The minimum absolute atomic E-state index is 0.0164. The van der Waals surface area contributed by atoms with Crippen LogP contribution in [-0.4, -0.2) is 30.4 Å². The minimum atomic E-state index is -4.16. The molecular weight excluding hydrogens is 338 g/mol. The molecule has 23 heavy (non-hydrogen) atoms. The van der Waals surface area contributed by atoms with Crippen LogP contribution in [0, 0.1) is 0 Å². The molecule has 122 valence electrons. The van der Waals surface area contributed by atoms with Gasteiger partial charge < -0.3 is 5.11 Å². The zero-order valence-corrected chi connectivity index (χ0v) is 13.8. The van der Waals surface area contributed by atoms with E-state index < -0.39 is 15.9 Å². The fourth-order valence-corrected chi connectivity index (χ4v) is 2.87. The van der Waals surface area contributed by atoms with Crippen molar-refractivity contribution in [2.24, 2.45) is 0 Å². The van der Waals surface area contributed by atoms with Gasteiger partial charge in [-0.05, 0) is 28.8 Å². The molecule has 0 radical (unpaired) electrons. The molecular formula is C16H17ClNO4S+. The zero-order chi connectivity index (χ0) is 16.9. The van der Waals surface area contributed by atoms with E-state index >= 15 is 0 Å². The Labute approximate surface area is 140 Å². The number of benzene rings is 1. The summed E-state index contributed by atoms with van der Waals surface area (Å²) in [7, 11) is -4.16. The summed E-state index contributed by atoms with van der Waals surface area (Å²) in [6, 6.07) is 10.4. The van der Waals surface area contributed by atoms with Gasteiger partial charge in [-0.15, -0.1) is 0 Å². The van der Waals surface area contributed by atoms with Crippen molar-refractivity contribution in [2.45, 2.75) is 6.54 Å². The van der Waals surface area contributed by atoms with Crippen molar-refractivity contribution in [3.8, 4) is 0 Å². The minimum Gasteiger partial charge on any atom is -0.390 e. The molecule has 0 aliphatic rings. The van der Waals surface area contributed by atoms with E-state index in [1.54, 1.807) is 59.4 Å². The van der Waals surface area contributed by atoms with E-state index in [0.717, 1.165) is 5.56 Å². The molecule has 0 spiro atoms. The van der Waals surface area contributed by atoms with E-state index in [1.807, 2.05) is 0 Å². The number of halogens is 1. The maximum atomic E-state index is 11.3. The third-order valence-electron chi connectivity index (χ3n) is 3.17. The molecule has 1 aromatic carbocycles. The Hall–Kier alpha value is -1.73. The summed E-state index contributed by atoms with van der Waals surface area (Å²) >= 11 is 5.84. The van der Waals surface area contributed by atoms with Crippen LogP contribution in [0.15, 0.2) is 48.8 Å². The maximum Gasteiger partial charge on any atom is 0.269 e.